The van der Waals surface area contributed by atoms with Crippen LogP contribution < -0.4 is 15.8 Å². The van der Waals surface area contributed by atoms with Crippen molar-refractivity contribution >= 4 is 42.3 Å². The van der Waals surface area contributed by atoms with Crippen molar-refractivity contribution in [3.8, 4) is 5.75 Å². The second-order valence-electron chi connectivity index (χ2n) is 7.28. The Morgan fingerprint density at radius 3 is 2.32 bits per heavy atom. The molecule has 0 spiro atoms. The lowest BCUT2D eigenvalue weighted by Gasteiger charge is -2.32. The predicted molar refractivity (Wildman–Crippen MR) is 128 cm³/mol. The molecule has 170 valence electrons. The summed E-state index contributed by atoms with van der Waals surface area (Å²) < 4.78 is 5.35. The highest BCUT2D eigenvalue weighted by Gasteiger charge is 2.22. The fourth-order valence-electron chi connectivity index (χ4n) is 3.35. The number of nitrogens with zero attached hydrogens (tertiary/aromatic N) is 2. The summed E-state index contributed by atoms with van der Waals surface area (Å²) in [4.78, 5) is 29.4. The molecule has 1 aliphatic heterocycles. The molecule has 1 heterocycles. The molecule has 31 heavy (non-hydrogen) atoms. The van der Waals surface area contributed by atoms with E-state index >= 15 is 0 Å². The number of ether oxygens (including phenoxy) is 1. The number of benzene rings is 2. The van der Waals surface area contributed by atoms with Gasteiger partial charge >= 0.3 is 0 Å². The van der Waals surface area contributed by atoms with Crippen molar-refractivity contribution in [1.82, 2.24) is 9.80 Å². The molecule has 2 aromatic rings. The average molecular weight is 469 g/mol. The Morgan fingerprint density at radius 2 is 1.71 bits per heavy atom. The number of hydrogen-bond donors (Lipinski definition) is 2. The van der Waals surface area contributed by atoms with Crippen LogP contribution >= 0.6 is 24.8 Å². The minimum atomic E-state index is -0.405. The van der Waals surface area contributed by atoms with E-state index < -0.39 is 6.04 Å². The van der Waals surface area contributed by atoms with Crippen molar-refractivity contribution in [2.75, 3.05) is 45.7 Å². The quantitative estimate of drug-likeness (QED) is 0.680. The Balaban J connectivity index is 0.00000240. The Labute approximate surface area is 195 Å². The zero-order chi connectivity index (χ0) is 20.8. The highest BCUT2D eigenvalue weighted by molar-refractivity contribution is 5.98. The number of piperazine rings is 1. The fourth-order valence-corrected chi connectivity index (χ4v) is 3.35. The summed E-state index contributed by atoms with van der Waals surface area (Å²) in [6.07, 6.45) is 0.129. The number of halogens is 2. The summed E-state index contributed by atoms with van der Waals surface area (Å²) in [6, 6.07) is 14.2. The smallest absolute Gasteiger partial charge is 0.254 e. The van der Waals surface area contributed by atoms with E-state index in [1.165, 1.54) is 7.11 Å². The number of hydrogen-bond acceptors (Lipinski definition) is 5. The van der Waals surface area contributed by atoms with Crippen LogP contribution in [0.25, 0.3) is 0 Å². The van der Waals surface area contributed by atoms with E-state index in [0.717, 1.165) is 18.7 Å². The van der Waals surface area contributed by atoms with Gasteiger partial charge in [0.05, 0.1) is 12.8 Å². The maximum Gasteiger partial charge on any atom is 0.254 e. The first-order chi connectivity index (χ1) is 14.0. The second kappa shape index (κ2) is 12.5. The van der Waals surface area contributed by atoms with Gasteiger partial charge in [-0.25, -0.2) is 0 Å². The lowest BCUT2D eigenvalue weighted by atomic mass is 10.0. The van der Waals surface area contributed by atoms with Crippen molar-refractivity contribution in [3.05, 3.63) is 59.7 Å². The van der Waals surface area contributed by atoms with Crippen LogP contribution in [-0.2, 0) is 4.79 Å². The van der Waals surface area contributed by atoms with E-state index in [-0.39, 0.29) is 43.0 Å². The summed E-state index contributed by atoms with van der Waals surface area (Å²) in [5.41, 5.74) is 8.04. The molecule has 0 bridgehead atoms. The molecule has 2 aromatic carbocycles. The summed E-state index contributed by atoms with van der Waals surface area (Å²) in [6.45, 7) is 3.08. The van der Waals surface area contributed by atoms with Gasteiger partial charge in [0, 0.05) is 44.2 Å². The van der Waals surface area contributed by atoms with E-state index in [1.54, 1.807) is 18.2 Å². The Bertz CT molecular complexity index is 859. The van der Waals surface area contributed by atoms with Gasteiger partial charge in [0.25, 0.3) is 5.91 Å². The highest BCUT2D eigenvalue weighted by Crippen LogP contribution is 2.27. The van der Waals surface area contributed by atoms with E-state index in [9.17, 15) is 9.59 Å². The van der Waals surface area contributed by atoms with Gasteiger partial charge in [-0.3, -0.25) is 9.59 Å². The third-order valence-corrected chi connectivity index (χ3v) is 5.14. The van der Waals surface area contributed by atoms with Crippen LogP contribution in [0.4, 0.5) is 5.69 Å². The Hall–Kier alpha value is -2.32. The van der Waals surface area contributed by atoms with E-state index in [2.05, 4.69) is 10.2 Å². The molecule has 1 unspecified atom stereocenters. The van der Waals surface area contributed by atoms with Gasteiger partial charge in [0.1, 0.15) is 5.75 Å². The molecule has 2 amide bonds. The predicted octanol–water partition coefficient (Wildman–Crippen LogP) is 2.96. The van der Waals surface area contributed by atoms with E-state index in [1.807, 2.05) is 42.3 Å². The first-order valence-corrected chi connectivity index (χ1v) is 9.74. The third kappa shape index (κ3) is 7.11. The van der Waals surface area contributed by atoms with Crippen molar-refractivity contribution in [3.63, 3.8) is 0 Å². The topological polar surface area (TPSA) is 87.9 Å². The summed E-state index contributed by atoms with van der Waals surface area (Å²) in [7, 11) is 3.58. The average Bonchev–Trinajstić information content (AvgIpc) is 2.74. The number of likely N-dealkylation sites (N-methyl/N-ethyl adjacent to an activating group) is 1. The van der Waals surface area contributed by atoms with Crippen molar-refractivity contribution in [1.29, 1.82) is 0 Å². The molecule has 9 heteroatoms. The number of rotatable bonds is 6. The van der Waals surface area contributed by atoms with Crippen molar-refractivity contribution in [2.24, 2.45) is 5.73 Å². The number of anilines is 1. The molecular weight excluding hydrogens is 439 g/mol. The van der Waals surface area contributed by atoms with Crippen LogP contribution in [0.3, 0.4) is 0 Å². The first-order valence-electron chi connectivity index (χ1n) is 9.74. The summed E-state index contributed by atoms with van der Waals surface area (Å²) in [5, 5.41) is 2.84. The molecule has 0 aromatic heterocycles. The van der Waals surface area contributed by atoms with Crippen molar-refractivity contribution < 1.29 is 14.3 Å². The molecule has 1 atom stereocenters. The second-order valence-corrected chi connectivity index (χ2v) is 7.28. The van der Waals surface area contributed by atoms with Gasteiger partial charge in [0.2, 0.25) is 5.91 Å². The third-order valence-electron chi connectivity index (χ3n) is 5.14. The minimum Gasteiger partial charge on any atom is -0.495 e. The maximum absolute atomic E-state index is 12.8. The van der Waals surface area contributed by atoms with Crippen LogP contribution in [0.15, 0.2) is 48.5 Å². The number of methoxy groups -OCH3 is 1. The molecule has 1 saturated heterocycles. The van der Waals surface area contributed by atoms with Crippen molar-refractivity contribution in [2.45, 2.75) is 12.5 Å². The Kier molecular flexibility index (Phi) is 10.8. The molecule has 3 rings (SSSR count). The van der Waals surface area contributed by atoms with Crippen LogP contribution in [-0.4, -0.2) is 62.0 Å². The number of carbonyl (C=O) groups is 2. The number of carbonyl (C=O) groups excluding carboxylic acids is 2. The molecule has 0 radical (unpaired) electrons. The SMILES string of the molecule is COc1ccc(C(=O)N2CCN(C)CC2)cc1NC(=O)CC(N)c1ccccc1.Cl.Cl. The van der Waals surface area contributed by atoms with E-state index in [0.29, 0.717) is 30.1 Å². The number of amides is 2. The van der Waals surface area contributed by atoms with Gasteiger partial charge in [-0.2, -0.15) is 0 Å². The standard InChI is InChI=1S/C22H28N4O3.2ClH/c1-25-10-12-26(13-11-25)22(28)17-8-9-20(29-2)19(14-17)24-21(27)15-18(23)16-6-4-3-5-7-16;;/h3-9,14,18H,10-13,15,23H2,1-2H3,(H,24,27);2*1H. The van der Waals surface area contributed by atoms with Gasteiger partial charge in [-0.1, -0.05) is 30.3 Å². The van der Waals surface area contributed by atoms with Crippen LogP contribution in [0.2, 0.25) is 0 Å². The first kappa shape index (κ1) is 26.7. The molecule has 1 fully saturated rings. The molecule has 7 nitrogen and oxygen atoms in total. The van der Waals surface area contributed by atoms with Crippen LogP contribution in [0.1, 0.15) is 28.4 Å². The monoisotopic (exact) mass is 468 g/mol. The van der Waals surface area contributed by atoms with Crippen LogP contribution in [0, 0.1) is 0 Å². The highest BCUT2D eigenvalue weighted by atomic mass is 35.5. The molecule has 3 N–H and O–H groups in total. The molecular formula is C22H30Cl2N4O3. The van der Waals surface area contributed by atoms with Gasteiger partial charge in [0.15, 0.2) is 0 Å². The Morgan fingerprint density at radius 1 is 1.06 bits per heavy atom. The normalized spacial score (nSPS) is 14.6. The lowest BCUT2D eigenvalue weighted by Crippen LogP contribution is -2.47. The van der Waals surface area contributed by atoms with E-state index in [4.69, 9.17) is 10.5 Å². The molecule has 1 aliphatic rings. The summed E-state index contributed by atoms with van der Waals surface area (Å²) >= 11 is 0. The zero-order valence-corrected chi connectivity index (χ0v) is 19.4. The molecule has 0 saturated carbocycles. The largest absolute Gasteiger partial charge is 0.495 e. The summed E-state index contributed by atoms with van der Waals surface area (Å²) in [5.74, 6) is 0.225. The minimum absolute atomic E-state index is 0. The van der Waals surface area contributed by atoms with Gasteiger partial charge < -0.3 is 25.6 Å². The number of nitrogens with one attached hydrogen (secondary N) is 1. The zero-order valence-electron chi connectivity index (χ0n) is 17.7. The maximum atomic E-state index is 12.8. The molecule has 0 aliphatic carbocycles. The lowest BCUT2D eigenvalue weighted by molar-refractivity contribution is -0.116. The fraction of sp³-hybridized carbons (Fsp3) is 0.364. The van der Waals surface area contributed by atoms with Crippen LogP contribution in [0.5, 0.6) is 5.75 Å². The van der Waals surface area contributed by atoms with Gasteiger partial charge in [-0.15, -0.1) is 24.8 Å². The van der Waals surface area contributed by atoms with Gasteiger partial charge in [-0.05, 0) is 30.8 Å². The number of nitrogens with two attached hydrogens (primary N) is 1.